The first kappa shape index (κ1) is 18.3. The molecule has 1 aromatic heterocycles. The maximum absolute atomic E-state index is 12.8. The van der Waals surface area contributed by atoms with Crippen molar-refractivity contribution in [3.8, 4) is 0 Å². The van der Waals surface area contributed by atoms with Crippen molar-refractivity contribution < 1.29 is 19.2 Å². The summed E-state index contributed by atoms with van der Waals surface area (Å²) < 4.78 is 0. The molecule has 0 saturated carbocycles. The van der Waals surface area contributed by atoms with Crippen LogP contribution in [-0.4, -0.2) is 46.2 Å². The van der Waals surface area contributed by atoms with Crippen LogP contribution in [0.2, 0.25) is 0 Å². The van der Waals surface area contributed by atoms with Gasteiger partial charge in [-0.05, 0) is 48.2 Å². The zero-order chi connectivity index (χ0) is 20.8. The van der Waals surface area contributed by atoms with Gasteiger partial charge in [0.2, 0.25) is 11.8 Å². The first-order chi connectivity index (χ1) is 14.5. The van der Waals surface area contributed by atoms with Gasteiger partial charge < -0.3 is 10.2 Å². The lowest BCUT2D eigenvalue weighted by atomic mass is 10.0. The van der Waals surface area contributed by atoms with Gasteiger partial charge in [0.15, 0.2) is 0 Å². The second-order valence-corrected chi connectivity index (χ2v) is 7.61. The molecule has 0 aliphatic carbocycles. The minimum atomic E-state index is -0.658. The number of fused-ring (bicyclic) bond motifs is 2. The van der Waals surface area contributed by atoms with Gasteiger partial charge in [0.25, 0.3) is 5.91 Å². The fraction of sp³-hybridized carbons (Fsp3) is 0.286. The van der Waals surface area contributed by atoms with Crippen LogP contribution in [0, 0.1) is 0 Å². The third-order valence-corrected chi connectivity index (χ3v) is 5.80. The van der Waals surface area contributed by atoms with Crippen molar-refractivity contribution in [2.75, 3.05) is 16.8 Å². The average molecular weight is 405 g/mol. The Balaban J connectivity index is 1.32. The second kappa shape index (κ2) is 6.94. The maximum Gasteiger partial charge on any atom is 0.326 e. The highest BCUT2D eigenvalue weighted by Crippen LogP contribution is 2.31. The molecule has 30 heavy (non-hydrogen) atoms. The van der Waals surface area contributed by atoms with E-state index in [9.17, 15) is 19.2 Å². The summed E-state index contributed by atoms with van der Waals surface area (Å²) in [5.41, 5.74) is 3.71. The number of benzene rings is 1. The van der Waals surface area contributed by atoms with Crippen LogP contribution in [0.25, 0.3) is 0 Å². The van der Waals surface area contributed by atoms with Gasteiger partial charge in [-0.1, -0.05) is 0 Å². The average Bonchev–Trinajstić information content (AvgIpc) is 3.29. The standard InChI is InChI=1S/C21H19N5O4/c27-18-4-3-16(19(28)24-18)26-11-13-9-14(1-2-15(13)20(26)29)23-21(30)25-8-6-12-5-7-22-10-17(12)25/h1-2,5,7,9-10,16H,3-4,6,8,11H2,(H,23,30)(H,24,27,28). The number of anilines is 2. The first-order valence-corrected chi connectivity index (χ1v) is 9.80. The SMILES string of the molecule is O=C1CCC(N2Cc3cc(NC(=O)N4CCc5ccncc54)ccc3C2=O)C(=O)N1. The Morgan fingerprint density at radius 1 is 1.13 bits per heavy atom. The molecule has 1 aromatic carbocycles. The minimum absolute atomic E-state index is 0.212. The van der Waals surface area contributed by atoms with Gasteiger partial charge in [0.1, 0.15) is 6.04 Å². The van der Waals surface area contributed by atoms with E-state index < -0.39 is 11.9 Å². The monoisotopic (exact) mass is 405 g/mol. The van der Waals surface area contributed by atoms with Gasteiger partial charge in [-0.15, -0.1) is 0 Å². The number of hydrogen-bond donors (Lipinski definition) is 2. The molecule has 9 heteroatoms. The molecule has 0 spiro atoms. The number of imide groups is 1. The second-order valence-electron chi connectivity index (χ2n) is 7.61. The number of rotatable bonds is 2. The Bertz CT molecular complexity index is 1100. The van der Waals surface area contributed by atoms with Gasteiger partial charge in [0, 0.05) is 37.0 Å². The Labute approximate surface area is 172 Å². The highest BCUT2D eigenvalue weighted by atomic mass is 16.2. The number of pyridine rings is 1. The Kier molecular flexibility index (Phi) is 4.23. The molecule has 2 N–H and O–H groups in total. The van der Waals surface area contributed by atoms with E-state index >= 15 is 0 Å². The van der Waals surface area contributed by atoms with Gasteiger partial charge in [-0.3, -0.25) is 29.6 Å². The smallest absolute Gasteiger partial charge is 0.322 e. The van der Waals surface area contributed by atoms with Crippen LogP contribution in [0.15, 0.2) is 36.7 Å². The zero-order valence-electron chi connectivity index (χ0n) is 16.1. The zero-order valence-corrected chi connectivity index (χ0v) is 16.1. The van der Waals surface area contributed by atoms with Crippen molar-refractivity contribution in [3.63, 3.8) is 0 Å². The summed E-state index contributed by atoms with van der Waals surface area (Å²) in [6.45, 7) is 0.847. The number of nitrogens with one attached hydrogen (secondary N) is 2. The van der Waals surface area contributed by atoms with E-state index in [0.717, 1.165) is 23.2 Å². The molecule has 5 amide bonds. The third-order valence-electron chi connectivity index (χ3n) is 5.80. The van der Waals surface area contributed by atoms with E-state index in [-0.39, 0.29) is 30.8 Å². The molecule has 2 aromatic rings. The summed E-state index contributed by atoms with van der Waals surface area (Å²) >= 11 is 0. The highest BCUT2D eigenvalue weighted by molar-refractivity contribution is 6.06. The Morgan fingerprint density at radius 3 is 2.83 bits per heavy atom. The Morgan fingerprint density at radius 2 is 2.00 bits per heavy atom. The molecule has 1 fully saturated rings. The molecule has 9 nitrogen and oxygen atoms in total. The van der Waals surface area contributed by atoms with E-state index in [2.05, 4.69) is 15.6 Å². The molecule has 5 rings (SSSR count). The molecular weight excluding hydrogens is 386 g/mol. The lowest BCUT2D eigenvalue weighted by Crippen LogP contribution is -2.52. The molecular formula is C21H19N5O4. The van der Waals surface area contributed by atoms with Crippen LogP contribution in [0.3, 0.4) is 0 Å². The van der Waals surface area contributed by atoms with Crippen molar-refractivity contribution in [2.24, 2.45) is 0 Å². The molecule has 1 atom stereocenters. The van der Waals surface area contributed by atoms with Crippen LogP contribution in [0.1, 0.15) is 34.3 Å². The molecule has 3 aliphatic rings. The number of carbonyl (C=O) groups is 4. The number of aromatic nitrogens is 1. The lowest BCUT2D eigenvalue weighted by Gasteiger charge is -2.29. The fourth-order valence-corrected chi connectivity index (χ4v) is 4.28. The van der Waals surface area contributed by atoms with Crippen molar-refractivity contribution in [3.05, 3.63) is 53.3 Å². The number of hydrogen-bond acceptors (Lipinski definition) is 5. The van der Waals surface area contributed by atoms with E-state index in [1.807, 2.05) is 6.07 Å². The Hall–Kier alpha value is -3.75. The van der Waals surface area contributed by atoms with Crippen LogP contribution < -0.4 is 15.5 Å². The van der Waals surface area contributed by atoms with Crippen LogP contribution in [0.5, 0.6) is 0 Å². The summed E-state index contributed by atoms with van der Waals surface area (Å²) in [6, 6.07) is 6.11. The quantitative estimate of drug-likeness (QED) is 0.735. The highest BCUT2D eigenvalue weighted by Gasteiger charge is 2.39. The number of urea groups is 1. The van der Waals surface area contributed by atoms with E-state index in [4.69, 9.17) is 0 Å². The topological polar surface area (TPSA) is 112 Å². The predicted molar refractivity (Wildman–Crippen MR) is 107 cm³/mol. The molecule has 0 bridgehead atoms. The van der Waals surface area contributed by atoms with Crippen LogP contribution in [-0.2, 0) is 22.6 Å². The number of amides is 5. The molecule has 152 valence electrons. The van der Waals surface area contributed by atoms with Gasteiger partial charge in [-0.2, -0.15) is 0 Å². The third kappa shape index (κ3) is 2.99. The summed E-state index contributed by atoms with van der Waals surface area (Å²) in [7, 11) is 0. The van der Waals surface area contributed by atoms with E-state index in [0.29, 0.717) is 24.2 Å². The summed E-state index contributed by atoms with van der Waals surface area (Å²) in [4.78, 5) is 56.3. The fourth-order valence-electron chi connectivity index (χ4n) is 4.28. The van der Waals surface area contributed by atoms with Crippen LogP contribution >= 0.6 is 0 Å². The molecule has 1 saturated heterocycles. The van der Waals surface area contributed by atoms with Crippen molar-refractivity contribution in [1.82, 2.24) is 15.2 Å². The summed E-state index contributed by atoms with van der Waals surface area (Å²) in [6.07, 6.45) is 4.71. The molecule has 4 heterocycles. The van der Waals surface area contributed by atoms with Gasteiger partial charge in [-0.25, -0.2) is 4.79 Å². The number of piperidine rings is 1. The lowest BCUT2D eigenvalue weighted by molar-refractivity contribution is -0.136. The number of carbonyl (C=O) groups excluding carboxylic acids is 4. The summed E-state index contributed by atoms with van der Waals surface area (Å²) in [5, 5.41) is 5.17. The summed E-state index contributed by atoms with van der Waals surface area (Å²) in [5.74, 6) is -0.997. The van der Waals surface area contributed by atoms with Crippen molar-refractivity contribution in [2.45, 2.75) is 31.8 Å². The molecule has 1 unspecified atom stereocenters. The van der Waals surface area contributed by atoms with Crippen molar-refractivity contribution in [1.29, 1.82) is 0 Å². The van der Waals surface area contributed by atoms with Crippen molar-refractivity contribution >= 4 is 35.1 Å². The minimum Gasteiger partial charge on any atom is -0.322 e. The largest absolute Gasteiger partial charge is 0.326 e. The van der Waals surface area contributed by atoms with E-state index in [1.54, 1.807) is 35.5 Å². The maximum atomic E-state index is 12.8. The van der Waals surface area contributed by atoms with Gasteiger partial charge >= 0.3 is 6.03 Å². The number of nitrogens with zero attached hydrogens (tertiary/aromatic N) is 3. The first-order valence-electron chi connectivity index (χ1n) is 9.80. The normalized spacial score (nSPS) is 20.1. The molecule has 0 radical (unpaired) electrons. The van der Waals surface area contributed by atoms with Gasteiger partial charge in [0.05, 0.1) is 11.9 Å². The predicted octanol–water partition coefficient (Wildman–Crippen LogP) is 1.44. The molecule has 3 aliphatic heterocycles. The van der Waals surface area contributed by atoms with Crippen LogP contribution in [0.4, 0.5) is 16.2 Å². The van der Waals surface area contributed by atoms with E-state index in [1.165, 1.54) is 4.90 Å².